The van der Waals surface area contributed by atoms with Crippen molar-refractivity contribution in [2.24, 2.45) is 0 Å². The van der Waals surface area contributed by atoms with E-state index >= 15 is 0 Å². The Kier molecular flexibility index (Phi) is 5.78. The van der Waals surface area contributed by atoms with Crippen LogP contribution in [0, 0.1) is 0 Å². The topological polar surface area (TPSA) is 70.0 Å². The van der Waals surface area contributed by atoms with Gasteiger partial charge in [-0.3, -0.25) is 4.79 Å². The second-order valence-corrected chi connectivity index (χ2v) is 6.79. The van der Waals surface area contributed by atoms with E-state index in [1.54, 1.807) is 30.3 Å². The van der Waals surface area contributed by atoms with Crippen molar-refractivity contribution in [1.29, 1.82) is 0 Å². The van der Waals surface area contributed by atoms with E-state index < -0.39 is 0 Å². The fraction of sp³-hybridized carbons (Fsp3) is 0.381. The fourth-order valence-corrected chi connectivity index (χ4v) is 3.47. The number of carbonyl (C=O) groups is 1. The molecule has 26 heavy (non-hydrogen) atoms. The Hall–Kier alpha value is -2.53. The van der Waals surface area contributed by atoms with Gasteiger partial charge in [-0.15, -0.1) is 0 Å². The lowest BCUT2D eigenvalue weighted by Gasteiger charge is -2.32. The molecular formula is C21H25NO4. The molecule has 0 spiro atoms. The van der Waals surface area contributed by atoms with E-state index in [-0.39, 0.29) is 29.4 Å². The zero-order chi connectivity index (χ0) is 18.5. The summed E-state index contributed by atoms with van der Waals surface area (Å²) in [5.41, 5.74) is 1.81. The number of ether oxygens (including phenoxy) is 1. The molecule has 0 aliphatic carbocycles. The SMILES string of the molecule is CN(C(=O)CC(c1ccc(O)cc1)c1cccc(O)c1)C1CCOCC1. The molecule has 3 rings (SSSR count). The van der Waals surface area contributed by atoms with Gasteiger partial charge in [-0.2, -0.15) is 0 Å². The molecule has 0 aromatic heterocycles. The van der Waals surface area contributed by atoms with E-state index in [0.29, 0.717) is 19.6 Å². The van der Waals surface area contributed by atoms with Gasteiger partial charge in [0.15, 0.2) is 0 Å². The molecule has 1 amide bonds. The second-order valence-electron chi connectivity index (χ2n) is 6.79. The minimum absolute atomic E-state index is 0.0679. The molecule has 1 atom stereocenters. The summed E-state index contributed by atoms with van der Waals surface area (Å²) in [7, 11) is 1.86. The number of rotatable bonds is 5. The summed E-state index contributed by atoms with van der Waals surface area (Å²) >= 11 is 0. The van der Waals surface area contributed by atoms with Crippen molar-refractivity contribution in [3.8, 4) is 11.5 Å². The monoisotopic (exact) mass is 355 g/mol. The Morgan fingerprint density at radius 1 is 1.08 bits per heavy atom. The highest BCUT2D eigenvalue weighted by molar-refractivity contribution is 5.78. The lowest BCUT2D eigenvalue weighted by Crippen LogP contribution is -2.41. The third-order valence-electron chi connectivity index (χ3n) is 5.08. The van der Waals surface area contributed by atoms with Crippen LogP contribution in [0.5, 0.6) is 11.5 Å². The van der Waals surface area contributed by atoms with Gasteiger partial charge in [0, 0.05) is 38.6 Å². The summed E-state index contributed by atoms with van der Waals surface area (Å²) in [5, 5.41) is 19.4. The summed E-state index contributed by atoms with van der Waals surface area (Å²) in [4.78, 5) is 14.8. The number of carbonyl (C=O) groups excluding carboxylic acids is 1. The van der Waals surface area contributed by atoms with Gasteiger partial charge < -0.3 is 19.8 Å². The van der Waals surface area contributed by atoms with Gasteiger partial charge >= 0.3 is 0 Å². The molecular weight excluding hydrogens is 330 g/mol. The molecule has 1 heterocycles. The Morgan fingerprint density at radius 3 is 2.42 bits per heavy atom. The van der Waals surface area contributed by atoms with Crippen molar-refractivity contribution in [2.75, 3.05) is 20.3 Å². The average Bonchev–Trinajstić information content (AvgIpc) is 2.67. The van der Waals surface area contributed by atoms with Crippen LogP contribution in [0.4, 0.5) is 0 Å². The third-order valence-corrected chi connectivity index (χ3v) is 5.08. The van der Waals surface area contributed by atoms with Crippen molar-refractivity contribution >= 4 is 5.91 Å². The number of phenols is 2. The second kappa shape index (κ2) is 8.23. The first-order chi connectivity index (χ1) is 12.5. The van der Waals surface area contributed by atoms with Crippen LogP contribution in [-0.2, 0) is 9.53 Å². The molecule has 2 aromatic rings. The molecule has 5 nitrogen and oxygen atoms in total. The zero-order valence-electron chi connectivity index (χ0n) is 15.0. The van der Waals surface area contributed by atoms with E-state index in [0.717, 1.165) is 24.0 Å². The van der Waals surface area contributed by atoms with E-state index in [2.05, 4.69) is 0 Å². The number of amides is 1. The molecule has 0 radical (unpaired) electrons. The molecule has 2 aromatic carbocycles. The van der Waals surface area contributed by atoms with Gasteiger partial charge in [0.2, 0.25) is 5.91 Å². The maximum absolute atomic E-state index is 12.9. The van der Waals surface area contributed by atoms with Crippen molar-refractivity contribution in [3.05, 3.63) is 59.7 Å². The Labute approximate surface area is 153 Å². The first-order valence-corrected chi connectivity index (χ1v) is 8.96. The first-order valence-electron chi connectivity index (χ1n) is 8.96. The Morgan fingerprint density at radius 2 is 1.77 bits per heavy atom. The van der Waals surface area contributed by atoms with E-state index in [9.17, 15) is 15.0 Å². The molecule has 138 valence electrons. The first kappa shape index (κ1) is 18.3. The lowest BCUT2D eigenvalue weighted by molar-refractivity contribution is -0.133. The van der Waals surface area contributed by atoms with Crippen LogP contribution in [0.3, 0.4) is 0 Å². The van der Waals surface area contributed by atoms with E-state index in [1.165, 1.54) is 0 Å². The Bertz CT molecular complexity index is 738. The van der Waals surface area contributed by atoms with Gasteiger partial charge in [0.1, 0.15) is 11.5 Å². The highest BCUT2D eigenvalue weighted by Crippen LogP contribution is 2.32. The number of aromatic hydroxyl groups is 2. The summed E-state index contributed by atoms with van der Waals surface area (Å²) in [6.07, 6.45) is 2.03. The quantitative estimate of drug-likeness (QED) is 0.864. The molecule has 1 aliphatic rings. The highest BCUT2D eigenvalue weighted by Gasteiger charge is 2.26. The predicted octanol–water partition coefficient (Wildman–Crippen LogP) is 3.26. The maximum atomic E-state index is 12.9. The lowest BCUT2D eigenvalue weighted by atomic mass is 9.87. The van der Waals surface area contributed by atoms with E-state index in [4.69, 9.17) is 4.74 Å². The minimum Gasteiger partial charge on any atom is -0.508 e. The normalized spacial score (nSPS) is 16.2. The van der Waals surface area contributed by atoms with Crippen molar-refractivity contribution in [3.63, 3.8) is 0 Å². The van der Waals surface area contributed by atoms with Crippen molar-refractivity contribution < 1.29 is 19.7 Å². The van der Waals surface area contributed by atoms with Crippen LogP contribution in [0.1, 0.15) is 36.3 Å². The van der Waals surface area contributed by atoms with Gasteiger partial charge in [-0.05, 0) is 48.2 Å². The van der Waals surface area contributed by atoms with Crippen LogP contribution in [-0.4, -0.2) is 47.3 Å². The molecule has 1 aliphatic heterocycles. The molecule has 1 fully saturated rings. The average molecular weight is 355 g/mol. The number of benzene rings is 2. The summed E-state index contributed by atoms with van der Waals surface area (Å²) in [5.74, 6) is 0.251. The molecule has 5 heteroatoms. The van der Waals surface area contributed by atoms with Gasteiger partial charge in [0.25, 0.3) is 0 Å². The number of phenolic OH excluding ortho intramolecular Hbond substituents is 2. The molecule has 1 unspecified atom stereocenters. The largest absolute Gasteiger partial charge is 0.508 e. The molecule has 0 saturated carbocycles. The van der Waals surface area contributed by atoms with Gasteiger partial charge in [0.05, 0.1) is 0 Å². The minimum atomic E-state index is -0.183. The number of nitrogens with zero attached hydrogens (tertiary/aromatic N) is 1. The van der Waals surface area contributed by atoms with Gasteiger partial charge in [-0.1, -0.05) is 24.3 Å². The summed E-state index contributed by atoms with van der Waals surface area (Å²) in [6.45, 7) is 1.38. The fourth-order valence-electron chi connectivity index (χ4n) is 3.47. The van der Waals surface area contributed by atoms with Crippen molar-refractivity contribution in [1.82, 2.24) is 4.90 Å². The maximum Gasteiger partial charge on any atom is 0.223 e. The van der Waals surface area contributed by atoms with Crippen LogP contribution < -0.4 is 0 Å². The van der Waals surface area contributed by atoms with Crippen LogP contribution >= 0.6 is 0 Å². The van der Waals surface area contributed by atoms with Crippen LogP contribution in [0.15, 0.2) is 48.5 Å². The van der Waals surface area contributed by atoms with E-state index in [1.807, 2.05) is 30.1 Å². The zero-order valence-corrected chi connectivity index (χ0v) is 15.0. The molecule has 1 saturated heterocycles. The summed E-state index contributed by atoms with van der Waals surface area (Å²) < 4.78 is 5.38. The standard InChI is InChI=1S/C21H25NO4/c1-22(17-9-11-26-12-10-17)21(25)14-20(15-5-7-18(23)8-6-15)16-3-2-4-19(24)13-16/h2-8,13,17,20,23-24H,9-12,14H2,1H3. The van der Waals surface area contributed by atoms with Crippen molar-refractivity contribution in [2.45, 2.75) is 31.2 Å². The molecule has 0 bridgehead atoms. The van der Waals surface area contributed by atoms with Crippen LogP contribution in [0.25, 0.3) is 0 Å². The van der Waals surface area contributed by atoms with Gasteiger partial charge in [-0.25, -0.2) is 0 Å². The van der Waals surface area contributed by atoms with Crippen LogP contribution in [0.2, 0.25) is 0 Å². The predicted molar refractivity (Wildman–Crippen MR) is 99.3 cm³/mol. The number of hydrogen-bond acceptors (Lipinski definition) is 4. The Balaban J connectivity index is 1.83. The smallest absolute Gasteiger partial charge is 0.223 e. The summed E-state index contributed by atoms with van der Waals surface area (Å²) in [6, 6.07) is 14.1. The third kappa shape index (κ3) is 4.35. The number of hydrogen-bond donors (Lipinski definition) is 2. The molecule has 2 N–H and O–H groups in total. The highest BCUT2D eigenvalue weighted by atomic mass is 16.5.